The van der Waals surface area contributed by atoms with Gasteiger partial charge >= 0.3 is 5.97 Å². The molecule has 7 heteroatoms. The highest BCUT2D eigenvalue weighted by atomic mass is 35.5. The van der Waals surface area contributed by atoms with E-state index in [-0.39, 0.29) is 5.34 Å². The third-order valence-electron chi connectivity index (χ3n) is 0.187. The van der Waals surface area contributed by atoms with Gasteiger partial charge in [0.25, 0.3) is 0 Å². The summed E-state index contributed by atoms with van der Waals surface area (Å²) in [4.78, 5) is 8.15. The lowest BCUT2D eigenvalue weighted by Crippen LogP contribution is -2.03. The van der Waals surface area contributed by atoms with Crippen molar-refractivity contribution in [1.29, 1.82) is 0 Å². The smallest absolute Gasteiger partial charge is 0.337 e. The van der Waals surface area contributed by atoms with Gasteiger partial charge in [0.15, 0.2) is 0 Å². The fraction of sp³-hybridized carbons (Fsp3) is 0.750. The SMILES string of the molecule is CO.ClCCl.O=C(O)C(Cl)Cl. The lowest BCUT2D eigenvalue weighted by Gasteiger charge is -1.84. The van der Waals surface area contributed by atoms with E-state index < -0.39 is 10.8 Å². The average Bonchev–Trinajstić information content (AvgIpc) is 1.93. The van der Waals surface area contributed by atoms with E-state index in [1.54, 1.807) is 0 Å². The average molecular weight is 246 g/mol. The third-order valence-corrected chi connectivity index (χ3v) is 0.560. The molecule has 0 aromatic rings. The maximum atomic E-state index is 9.44. The van der Waals surface area contributed by atoms with Crippen molar-refractivity contribution in [3.63, 3.8) is 0 Å². The minimum Gasteiger partial charge on any atom is -0.479 e. The first-order chi connectivity index (χ1) is 5.06. The van der Waals surface area contributed by atoms with Crippen molar-refractivity contribution in [2.45, 2.75) is 4.84 Å². The van der Waals surface area contributed by atoms with Gasteiger partial charge in [0.2, 0.25) is 4.84 Å². The Morgan fingerprint density at radius 3 is 1.45 bits per heavy atom. The number of aliphatic hydroxyl groups excluding tert-OH is 1. The first kappa shape index (κ1) is 17.6. The standard InChI is InChI=1S/C2H2Cl2O2.CH2Cl2.CH4O/c3-1(4)2(5)6;2-1-3;1-2/h1H,(H,5,6);1H2;2H,1H3. The minimum absolute atomic E-state index is 0.194. The fourth-order valence-corrected chi connectivity index (χ4v) is 0. The quantitative estimate of drug-likeness (QED) is 0.694. The first-order valence-electron chi connectivity index (χ1n) is 2.13. The molecule has 70 valence electrons. The lowest BCUT2D eigenvalue weighted by molar-refractivity contribution is -0.135. The molecule has 3 nitrogen and oxygen atoms in total. The van der Waals surface area contributed by atoms with Crippen LogP contribution in [0.3, 0.4) is 0 Å². The number of carboxylic acid groups (broad SMARTS) is 1. The molecular formula is C4H8Cl4O3. The second-order valence-electron chi connectivity index (χ2n) is 0.740. The van der Waals surface area contributed by atoms with Gasteiger partial charge in [-0.1, -0.05) is 23.2 Å². The molecule has 0 fully saturated rings. The van der Waals surface area contributed by atoms with E-state index in [1.807, 2.05) is 0 Å². The Morgan fingerprint density at radius 2 is 1.45 bits per heavy atom. The molecule has 0 aromatic heterocycles. The van der Waals surface area contributed by atoms with Crippen LogP contribution < -0.4 is 0 Å². The highest BCUT2D eigenvalue weighted by Gasteiger charge is 2.05. The van der Waals surface area contributed by atoms with Gasteiger partial charge in [0.05, 0.1) is 5.34 Å². The molecule has 0 aromatic carbocycles. The molecule has 11 heavy (non-hydrogen) atoms. The van der Waals surface area contributed by atoms with E-state index in [4.69, 9.17) is 56.6 Å². The highest BCUT2D eigenvalue weighted by molar-refractivity contribution is 6.52. The summed E-state index contributed by atoms with van der Waals surface area (Å²) in [7, 11) is 1.00. The van der Waals surface area contributed by atoms with Gasteiger partial charge in [-0.2, -0.15) is 0 Å². The number of hydrogen-bond acceptors (Lipinski definition) is 2. The summed E-state index contributed by atoms with van der Waals surface area (Å²) in [5, 5.41) is 14.9. The summed E-state index contributed by atoms with van der Waals surface area (Å²) in [6, 6.07) is 0. The molecule has 0 heterocycles. The number of rotatable bonds is 1. The highest BCUT2D eigenvalue weighted by Crippen LogP contribution is 1.98. The molecule has 2 N–H and O–H groups in total. The predicted octanol–water partition coefficient (Wildman–Crippen LogP) is 1.90. The van der Waals surface area contributed by atoms with Crippen LogP contribution in [0.5, 0.6) is 0 Å². The van der Waals surface area contributed by atoms with E-state index in [9.17, 15) is 4.79 Å². The van der Waals surface area contributed by atoms with E-state index in [0.29, 0.717) is 0 Å². The second kappa shape index (κ2) is 16.9. The van der Waals surface area contributed by atoms with Crippen LogP contribution in [0.25, 0.3) is 0 Å². The number of alkyl halides is 4. The van der Waals surface area contributed by atoms with Gasteiger partial charge in [-0.25, -0.2) is 4.79 Å². The molecule has 0 bridgehead atoms. The Morgan fingerprint density at radius 1 is 1.36 bits per heavy atom. The van der Waals surface area contributed by atoms with Gasteiger partial charge in [0.1, 0.15) is 0 Å². The van der Waals surface area contributed by atoms with Crippen molar-refractivity contribution in [3.8, 4) is 0 Å². The molecule has 0 saturated carbocycles. The van der Waals surface area contributed by atoms with Crippen LogP contribution in [0, 0.1) is 0 Å². The maximum absolute atomic E-state index is 9.44. The third kappa shape index (κ3) is 37.1. The van der Waals surface area contributed by atoms with Crippen molar-refractivity contribution < 1.29 is 15.0 Å². The van der Waals surface area contributed by atoms with Crippen molar-refractivity contribution in [2.75, 3.05) is 12.4 Å². The molecule has 0 radical (unpaired) electrons. The van der Waals surface area contributed by atoms with Gasteiger partial charge in [0, 0.05) is 7.11 Å². The van der Waals surface area contributed by atoms with Gasteiger partial charge < -0.3 is 10.2 Å². The van der Waals surface area contributed by atoms with Gasteiger partial charge in [-0.05, 0) is 0 Å². The van der Waals surface area contributed by atoms with E-state index in [1.165, 1.54) is 0 Å². The zero-order valence-electron chi connectivity index (χ0n) is 5.60. The number of carbonyl (C=O) groups is 1. The van der Waals surface area contributed by atoms with Crippen LogP contribution in [-0.2, 0) is 4.79 Å². The molecule has 0 aliphatic heterocycles. The van der Waals surface area contributed by atoms with Crippen LogP contribution in [0.15, 0.2) is 0 Å². The van der Waals surface area contributed by atoms with Crippen LogP contribution in [0.4, 0.5) is 0 Å². The molecule has 0 amide bonds. The minimum atomic E-state index is -1.29. The van der Waals surface area contributed by atoms with E-state index in [2.05, 4.69) is 0 Å². The van der Waals surface area contributed by atoms with Crippen molar-refractivity contribution in [1.82, 2.24) is 0 Å². The molecule has 0 unspecified atom stereocenters. The predicted molar refractivity (Wildman–Crippen MR) is 47.8 cm³/mol. The molecule has 0 aliphatic rings. The fourth-order valence-electron chi connectivity index (χ4n) is 0. The Hall–Kier alpha value is 0.590. The van der Waals surface area contributed by atoms with Crippen LogP contribution >= 0.6 is 46.4 Å². The topological polar surface area (TPSA) is 57.5 Å². The maximum Gasteiger partial charge on any atom is 0.337 e. The zero-order valence-corrected chi connectivity index (χ0v) is 8.62. The second-order valence-corrected chi connectivity index (χ2v) is 2.64. The molecule has 0 atom stereocenters. The molecular weight excluding hydrogens is 238 g/mol. The van der Waals surface area contributed by atoms with Crippen LogP contribution in [-0.4, -0.2) is 33.5 Å². The van der Waals surface area contributed by atoms with Crippen LogP contribution in [0.2, 0.25) is 0 Å². The number of aliphatic carboxylic acids is 1. The lowest BCUT2D eigenvalue weighted by atomic mass is 10.8. The summed E-state index contributed by atoms with van der Waals surface area (Å²) in [6.45, 7) is 0. The van der Waals surface area contributed by atoms with E-state index in [0.717, 1.165) is 7.11 Å². The summed E-state index contributed by atoms with van der Waals surface area (Å²) in [5.74, 6) is -1.21. The largest absolute Gasteiger partial charge is 0.479 e. The Labute approximate surface area is 84.8 Å². The van der Waals surface area contributed by atoms with Crippen molar-refractivity contribution in [2.24, 2.45) is 0 Å². The molecule has 0 saturated heterocycles. The molecule has 0 rings (SSSR count). The Balaban J connectivity index is -0.000000109. The monoisotopic (exact) mass is 244 g/mol. The number of halogens is 4. The van der Waals surface area contributed by atoms with Crippen molar-refractivity contribution in [3.05, 3.63) is 0 Å². The zero-order chi connectivity index (χ0) is 9.86. The Kier molecular flexibility index (Phi) is 27.1. The van der Waals surface area contributed by atoms with Crippen LogP contribution in [0.1, 0.15) is 0 Å². The number of carboxylic acids is 1. The first-order valence-corrected chi connectivity index (χ1v) is 4.08. The molecule has 0 spiro atoms. The van der Waals surface area contributed by atoms with Crippen molar-refractivity contribution >= 4 is 52.4 Å². The summed E-state index contributed by atoms with van der Waals surface area (Å²) in [6.07, 6.45) is 0. The van der Waals surface area contributed by atoms with E-state index >= 15 is 0 Å². The summed E-state index contributed by atoms with van der Waals surface area (Å²) in [5.41, 5.74) is 0. The van der Waals surface area contributed by atoms with Gasteiger partial charge in [-0.15, -0.1) is 23.2 Å². The number of aliphatic hydroxyl groups is 1. The normalized spacial score (nSPS) is 7.18. The summed E-state index contributed by atoms with van der Waals surface area (Å²) >= 11 is 19.1. The number of hydrogen-bond donors (Lipinski definition) is 2. The molecule has 0 aliphatic carbocycles. The Bertz CT molecular complexity index is 77.7. The van der Waals surface area contributed by atoms with Gasteiger partial charge in [-0.3, -0.25) is 0 Å². The summed E-state index contributed by atoms with van der Waals surface area (Å²) < 4.78 is 0.